The second kappa shape index (κ2) is 6.87. The summed E-state index contributed by atoms with van der Waals surface area (Å²) < 4.78 is 43.3. The van der Waals surface area contributed by atoms with Gasteiger partial charge in [0.05, 0.1) is 22.4 Å². The number of carbonyl (C=O) groups is 1. The minimum absolute atomic E-state index is 0.00430. The van der Waals surface area contributed by atoms with Crippen LogP contribution >= 0.6 is 11.6 Å². The Hall–Kier alpha value is -1.27. The van der Waals surface area contributed by atoms with E-state index in [1.165, 1.54) is 0 Å². The Morgan fingerprint density at radius 2 is 1.91 bits per heavy atom. The van der Waals surface area contributed by atoms with E-state index in [2.05, 4.69) is 5.32 Å². The average Bonchev–Trinajstić information content (AvgIpc) is 2.48. The fraction of sp³-hybridized carbons (Fsp3) is 0.533. The van der Waals surface area contributed by atoms with Crippen molar-refractivity contribution in [2.45, 2.75) is 38.0 Å². The van der Waals surface area contributed by atoms with E-state index in [0.29, 0.717) is 12.8 Å². The molecular formula is C15H17ClF3NO2. The van der Waals surface area contributed by atoms with Crippen molar-refractivity contribution in [3.63, 3.8) is 0 Å². The summed E-state index contributed by atoms with van der Waals surface area (Å²) in [6.45, 7) is 0. The average molecular weight is 336 g/mol. The van der Waals surface area contributed by atoms with Crippen molar-refractivity contribution >= 4 is 23.2 Å². The standard InChI is InChI=1S/C15H17ClF3NO2/c1-22-11-5-2-9(3-6-11)14(21)20-13-8-10(15(17,18)19)4-7-12(13)16/h4,7-9,11H,2-3,5-6H2,1H3,(H,20,21). The molecule has 0 aromatic heterocycles. The zero-order valence-corrected chi connectivity index (χ0v) is 12.8. The Bertz CT molecular complexity index is 540. The van der Waals surface area contributed by atoms with Crippen molar-refractivity contribution < 1.29 is 22.7 Å². The van der Waals surface area contributed by atoms with Crippen LogP contribution in [0.3, 0.4) is 0 Å². The van der Waals surface area contributed by atoms with Gasteiger partial charge in [-0.05, 0) is 43.9 Å². The molecule has 7 heteroatoms. The van der Waals surface area contributed by atoms with Crippen LogP contribution in [0.5, 0.6) is 0 Å². The third kappa shape index (κ3) is 4.14. The second-order valence-electron chi connectivity index (χ2n) is 5.39. The van der Waals surface area contributed by atoms with Crippen molar-refractivity contribution in [2.24, 2.45) is 5.92 Å². The van der Waals surface area contributed by atoms with E-state index in [0.717, 1.165) is 31.0 Å². The summed E-state index contributed by atoms with van der Waals surface area (Å²) >= 11 is 5.87. The number of alkyl halides is 3. The number of hydrogen-bond acceptors (Lipinski definition) is 2. The van der Waals surface area contributed by atoms with E-state index >= 15 is 0 Å². The number of amides is 1. The van der Waals surface area contributed by atoms with E-state index in [1.807, 2.05) is 0 Å². The SMILES string of the molecule is COC1CCC(C(=O)Nc2cc(C(F)(F)F)ccc2Cl)CC1. The molecule has 1 aliphatic carbocycles. The molecule has 122 valence electrons. The topological polar surface area (TPSA) is 38.3 Å². The maximum atomic E-state index is 12.7. The van der Waals surface area contributed by atoms with Gasteiger partial charge in [0.25, 0.3) is 0 Å². The highest BCUT2D eigenvalue weighted by molar-refractivity contribution is 6.33. The van der Waals surface area contributed by atoms with Crippen LogP contribution in [0.25, 0.3) is 0 Å². The Kier molecular flexibility index (Phi) is 5.34. The Labute approximate surface area is 131 Å². The number of nitrogens with one attached hydrogen (secondary N) is 1. The molecule has 0 unspecified atom stereocenters. The van der Waals surface area contributed by atoms with Crippen molar-refractivity contribution in [3.8, 4) is 0 Å². The summed E-state index contributed by atoms with van der Waals surface area (Å²) in [7, 11) is 1.63. The maximum absolute atomic E-state index is 12.7. The molecule has 0 heterocycles. The van der Waals surface area contributed by atoms with E-state index in [4.69, 9.17) is 16.3 Å². The molecule has 0 spiro atoms. The lowest BCUT2D eigenvalue weighted by molar-refractivity contribution is -0.137. The number of benzene rings is 1. The minimum atomic E-state index is -4.47. The molecule has 1 aliphatic rings. The first-order valence-corrected chi connectivity index (χ1v) is 7.39. The molecule has 0 atom stereocenters. The van der Waals surface area contributed by atoms with Crippen LogP contribution in [0.4, 0.5) is 18.9 Å². The van der Waals surface area contributed by atoms with E-state index < -0.39 is 11.7 Å². The first-order valence-electron chi connectivity index (χ1n) is 7.01. The second-order valence-corrected chi connectivity index (χ2v) is 5.80. The first kappa shape index (κ1) is 17.1. The molecule has 0 radical (unpaired) electrons. The van der Waals surface area contributed by atoms with Crippen molar-refractivity contribution in [1.82, 2.24) is 0 Å². The Balaban J connectivity index is 2.05. The first-order chi connectivity index (χ1) is 10.3. The van der Waals surface area contributed by atoms with Gasteiger partial charge in [0.15, 0.2) is 0 Å². The van der Waals surface area contributed by atoms with Crippen molar-refractivity contribution in [2.75, 3.05) is 12.4 Å². The van der Waals surface area contributed by atoms with Crippen LogP contribution in [-0.2, 0) is 15.7 Å². The number of halogens is 4. The summed E-state index contributed by atoms with van der Waals surface area (Å²) in [6, 6.07) is 2.89. The smallest absolute Gasteiger partial charge is 0.381 e. The van der Waals surface area contributed by atoms with E-state index in [-0.39, 0.29) is 28.6 Å². The number of methoxy groups -OCH3 is 1. The summed E-state index contributed by atoms with van der Waals surface area (Å²) in [6.07, 6.45) is -1.47. The molecule has 1 N–H and O–H groups in total. The highest BCUT2D eigenvalue weighted by atomic mass is 35.5. The number of anilines is 1. The zero-order valence-electron chi connectivity index (χ0n) is 12.0. The molecule has 1 aromatic rings. The number of carbonyl (C=O) groups excluding carboxylic acids is 1. The predicted octanol–water partition coefficient (Wildman–Crippen LogP) is 4.50. The third-order valence-electron chi connectivity index (χ3n) is 3.93. The minimum Gasteiger partial charge on any atom is -0.381 e. The van der Waals surface area contributed by atoms with Crippen LogP contribution in [-0.4, -0.2) is 19.1 Å². The lowest BCUT2D eigenvalue weighted by Gasteiger charge is -2.26. The van der Waals surface area contributed by atoms with Gasteiger partial charge >= 0.3 is 6.18 Å². The summed E-state index contributed by atoms with van der Waals surface area (Å²) in [5.74, 6) is -0.521. The normalized spacial score (nSPS) is 22.4. The molecule has 22 heavy (non-hydrogen) atoms. The van der Waals surface area contributed by atoms with Crippen LogP contribution in [0.2, 0.25) is 5.02 Å². The van der Waals surface area contributed by atoms with Crippen LogP contribution < -0.4 is 5.32 Å². The highest BCUT2D eigenvalue weighted by Gasteiger charge is 2.32. The number of rotatable bonds is 3. The van der Waals surface area contributed by atoms with E-state index in [1.54, 1.807) is 7.11 Å². The molecule has 1 saturated carbocycles. The highest BCUT2D eigenvalue weighted by Crippen LogP contribution is 2.34. The van der Waals surface area contributed by atoms with Crippen LogP contribution in [0, 0.1) is 5.92 Å². The largest absolute Gasteiger partial charge is 0.416 e. The third-order valence-corrected chi connectivity index (χ3v) is 4.26. The lowest BCUT2D eigenvalue weighted by Crippen LogP contribution is -2.29. The van der Waals surface area contributed by atoms with Crippen molar-refractivity contribution in [1.29, 1.82) is 0 Å². The van der Waals surface area contributed by atoms with Crippen LogP contribution in [0.15, 0.2) is 18.2 Å². The molecular weight excluding hydrogens is 319 g/mol. The molecule has 1 aromatic carbocycles. The zero-order chi connectivity index (χ0) is 16.3. The van der Waals surface area contributed by atoms with Gasteiger partial charge in [-0.15, -0.1) is 0 Å². The fourth-order valence-corrected chi connectivity index (χ4v) is 2.76. The van der Waals surface area contributed by atoms with Gasteiger partial charge in [-0.1, -0.05) is 11.6 Å². The monoisotopic (exact) mass is 335 g/mol. The molecule has 1 fully saturated rings. The van der Waals surface area contributed by atoms with Gasteiger partial charge in [-0.3, -0.25) is 4.79 Å². The predicted molar refractivity (Wildman–Crippen MR) is 77.8 cm³/mol. The quantitative estimate of drug-likeness (QED) is 0.883. The molecule has 0 aliphatic heterocycles. The number of hydrogen-bond donors (Lipinski definition) is 1. The molecule has 0 bridgehead atoms. The van der Waals surface area contributed by atoms with Gasteiger partial charge in [0.2, 0.25) is 5.91 Å². The fourth-order valence-electron chi connectivity index (χ4n) is 2.59. The van der Waals surface area contributed by atoms with Crippen molar-refractivity contribution in [3.05, 3.63) is 28.8 Å². The van der Waals surface area contributed by atoms with Crippen LogP contribution in [0.1, 0.15) is 31.2 Å². The van der Waals surface area contributed by atoms with E-state index in [9.17, 15) is 18.0 Å². The summed E-state index contributed by atoms with van der Waals surface area (Å²) in [5, 5.41) is 2.60. The molecule has 0 saturated heterocycles. The maximum Gasteiger partial charge on any atom is 0.416 e. The van der Waals surface area contributed by atoms with Gasteiger partial charge in [-0.2, -0.15) is 13.2 Å². The summed E-state index contributed by atoms with van der Waals surface area (Å²) in [5.41, 5.74) is -0.842. The van der Waals surface area contributed by atoms with Gasteiger partial charge in [0.1, 0.15) is 0 Å². The number of ether oxygens (including phenoxy) is 1. The van der Waals surface area contributed by atoms with Gasteiger partial charge < -0.3 is 10.1 Å². The molecule has 2 rings (SSSR count). The van der Waals surface area contributed by atoms with Gasteiger partial charge in [0, 0.05) is 13.0 Å². The molecule has 3 nitrogen and oxygen atoms in total. The lowest BCUT2D eigenvalue weighted by atomic mass is 9.86. The Morgan fingerprint density at radius 1 is 1.27 bits per heavy atom. The summed E-state index contributed by atoms with van der Waals surface area (Å²) in [4.78, 5) is 12.2. The molecule has 1 amide bonds. The van der Waals surface area contributed by atoms with Gasteiger partial charge in [-0.25, -0.2) is 0 Å². The Morgan fingerprint density at radius 3 is 2.45 bits per heavy atom.